The summed E-state index contributed by atoms with van der Waals surface area (Å²) in [5.74, 6) is 0.481. The average Bonchev–Trinajstić information content (AvgIpc) is 2.89. The van der Waals surface area contributed by atoms with Gasteiger partial charge in [-0.05, 0) is 17.9 Å². The number of ether oxygens (including phenoxy) is 1. The molecule has 0 saturated heterocycles. The molecular formula is C14H21N3O. The molecule has 0 aliphatic heterocycles. The van der Waals surface area contributed by atoms with Crippen LogP contribution in [0.2, 0.25) is 0 Å². The highest BCUT2D eigenvalue weighted by atomic mass is 16.5. The van der Waals surface area contributed by atoms with Gasteiger partial charge in [-0.2, -0.15) is 0 Å². The van der Waals surface area contributed by atoms with E-state index in [9.17, 15) is 0 Å². The summed E-state index contributed by atoms with van der Waals surface area (Å²) in [6, 6.07) is 8.29. The van der Waals surface area contributed by atoms with E-state index in [2.05, 4.69) is 24.2 Å². The molecule has 1 atom stereocenters. The SMILES string of the molecule is COCc1ccccc1NC(N)=N[C@H]1CC1(C)C. The minimum atomic E-state index is 0.304. The van der Waals surface area contributed by atoms with Gasteiger partial charge in [-0.15, -0.1) is 0 Å². The Morgan fingerprint density at radius 3 is 2.78 bits per heavy atom. The zero-order chi connectivity index (χ0) is 13.2. The Balaban J connectivity index is 2.05. The van der Waals surface area contributed by atoms with Crippen LogP contribution in [0.5, 0.6) is 0 Å². The lowest BCUT2D eigenvalue weighted by atomic mass is 10.2. The number of hydrogen-bond acceptors (Lipinski definition) is 2. The fraction of sp³-hybridized carbons (Fsp3) is 0.500. The molecule has 4 nitrogen and oxygen atoms in total. The molecule has 0 amide bonds. The molecule has 4 heteroatoms. The first-order valence-electron chi connectivity index (χ1n) is 6.20. The van der Waals surface area contributed by atoms with Gasteiger partial charge in [0.15, 0.2) is 5.96 Å². The fourth-order valence-electron chi connectivity index (χ4n) is 1.92. The zero-order valence-electron chi connectivity index (χ0n) is 11.2. The van der Waals surface area contributed by atoms with Gasteiger partial charge in [0, 0.05) is 18.4 Å². The van der Waals surface area contributed by atoms with Crippen LogP contribution in [-0.4, -0.2) is 19.1 Å². The summed E-state index contributed by atoms with van der Waals surface area (Å²) in [5.41, 5.74) is 8.27. The second-order valence-corrected chi connectivity index (χ2v) is 5.44. The lowest BCUT2D eigenvalue weighted by molar-refractivity contribution is 0.185. The van der Waals surface area contributed by atoms with Crippen LogP contribution >= 0.6 is 0 Å². The van der Waals surface area contributed by atoms with Gasteiger partial charge in [-0.25, -0.2) is 4.99 Å². The van der Waals surface area contributed by atoms with Crippen molar-refractivity contribution >= 4 is 11.6 Å². The first-order chi connectivity index (χ1) is 8.53. The van der Waals surface area contributed by atoms with E-state index in [4.69, 9.17) is 10.5 Å². The number of rotatable bonds is 4. The lowest BCUT2D eigenvalue weighted by Crippen LogP contribution is -2.24. The molecule has 0 spiro atoms. The van der Waals surface area contributed by atoms with E-state index < -0.39 is 0 Å². The number of nitrogens with two attached hydrogens (primary N) is 1. The first-order valence-corrected chi connectivity index (χ1v) is 6.20. The van der Waals surface area contributed by atoms with Crippen molar-refractivity contribution in [3.8, 4) is 0 Å². The second-order valence-electron chi connectivity index (χ2n) is 5.44. The van der Waals surface area contributed by atoms with E-state index >= 15 is 0 Å². The summed E-state index contributed by atoms with van der Waals surface area (Å²) in [4.78, 5) is 4.48. The number of methoxy groups -OCH3 is 1. The van der Waals surface area contributed by atoms with Crippen molar-refractivity contribution in [1.82, 2.24) is 0 Å². The van der Waals surface area contributed by atoms with Crippen molar-refractivity contribution in [3.63, 3.8) is 0 Å². The molecule has 98 valence electrons. The van der Waals surface area contributed by atoms with Gasteiger partial charge in [0.2, 0.25) is 0 Å². The smallest absolute Gasteiger partial charge is 0.193 e. The maximum absolute atomic E-state index is 5.93. The number of aliphatic imine (C=N–C) groups is 1. The van der Waals surface area contributed by atoms with Crippen LogP contribution in [0.1, 0.15) is 25.8 Å². The minimum absolute atomic E-state index is 0.304. The zero-order valence-corrected chi connectivity index (χ0v) is 11.2. The van der Waals surface area contributed by atoms with Crippen molar-refractivity contribution in [2.24, 2.45) is 16.1 Å². The molecule has 0 radical (unpaired) electrons. The van der Waals surface area contributed by atoms with Crippen LogP contribution in [0.3, 0.4) is 0 Å². The summed E-state index contributed by atoms with van der Waals surface area (Å²) in [7, 11) is 1.68. The number of benzene rings is 1. The van der Waals surface area contributed by atoms with Crippen LogP contribution in [-0.2, 0) is 11.3 Å². The van der Waals surface area contributed by atoms with Crippen LogP contribution in [0.25, 0.3) is 0 Å². The van der Waals surface area contributed by atoms with Gasteiger partial charge >= 0.3 is 0 Å². The highest BCUT2D eigenvalue weighted by molar-refractivity contribution is 5.93. The van der Waals surface area contributed by atoms with E-state index in [-0.39, 0.29) is 0 Å². The van der Waals surface area contributed by atoms with E-state index in [1.54, 1.807) is 7.11 Å². The second kappa shape index (κ2) is 4.98. The topological polar surface area (TPSA) is 59.6 Å². The van der Waals surface area contributed by atoms with Gasteiger partial charge in [-0.1, -0.05) is 32.0 Å². The third kappa shape index (κ3) is 3.01. The molecule has 3 N–H and O–H groups in total. The van der Waals surface area contributed by atoms with Crippen LogP contribution in [0, 0.1) is 5.41 Å². The number of nitrogens with zero attached hydrogens (tertiary/aromatic N) is 1. The summed E-state index contributed by atoms with van der Waals surface area (Å²) in [6.07, 6.45) is 1.11. The van der Waals surface area contributed by atoms with Gasteiger partial charge in [0.25, 0.3) is 0 Å². The van der Waals surface area contributed by atoms with Crippen LogP contribution in [0.4, 0.5) is 5.69 Å². The highest BCUT2D eigenvalue weighted by Crippen LogP contribution is 2.47. The Kier molecular flexibility index (Phi) is 3.57. The van der Waals surface area contributed by atoms with Crippen molar-refractivity contribution in [2.45, 2.75) is 32.9 Å². The summed E-state index contributed by atoms with van der Waals surface area (Å²) < 4.78 is 5.16. The largest absolute Gasteiger partial charge is 0.380 e. The maximum atomic E-state index is 5.93. The minimum Gasteiger partial charge on any atom is -0.380 e. The third-order valence-electron chi connectivity index (χ3n) is 3.34. The fourth-order valence-corrected chi connectivity index (χ4v) is 1.92. The Hall–Kier alpha value is -1.55. The van der Waals surface area contributed by atoms with Crippen molar-refractivity contribution in [3.05, 3.63) is 29.8 Å². The normalized spacial score (nSPS) is 21.7. The lowest BCUT2D eigenvalue weighted by Gasteiger charge is -2.11. The molecule has 2 rings (SSSR count). The molecule has 18 heavy (non-hydrogen) atoms. The predicted molar refractivity (Wildman–Crippen MR) is 74.6 cm³/mol. The van der Waals surface area contributed by atoms with Gasteiger partial charge in [0.1, 0.15) is 0 Å². The molecule has 1 fully saturated rings. The van der Waals surface area contributed by atoms with Gasteiger partial charge in [0.05, 0.1) is 12.6 Å². The van der Waals surface area contributed by atoms with E-state index in [0.717, 1.165) is 17.7 Å². The maximum Gasteiger partial charge on any atom is 0.193 e. The molecule has 1 aromatic rings. The van der Waals surface area contributed by atoms with Crippen molar-refractivity contribution in [1.29, 1.82) is 0 Å². The highest BCUT2D eigenvalue weighted by Gasteiger charge is 2.45. The molecule has 0 unspecified atom stereocenters. The van der Waals surface area contributed by atoms with Gasteiger partial charge in [-0.3, -0.25) is 0 Å². The summed E-state index contributed by atoms with van der Waals surface area (Å²) in [6.45, 7) is 4.96. The number of nitrogens with one attached hydrogen (secondary N) is 1. The molecule has 0 heterocycles. The number of guanidine groups is 1. The molecule has 1 saturated carbocycles. The quantitative estimate of drug-likeness (QED) is 0.634. The molecule has 1 aromatic carbocycles. The Labute approximate surface area is 108 Å². The molecule has 0 aromatic heterocycles. The molecule has 1 aliphatic rings. The standard InChI is InChI=1S/C14H21N3O/c1-14(2)8-12(14)17-13(15)16-11-7-5-4-6-10(11)9-18-3/h4-7,12H,8-9H2,1-3H3,(H3,15,16,17)/t12-/m0/s1. The number of anilines is 1. The summed E-state index contributed by atoms with van der Waals surface area (Å²) in [5, 5.41) is 3.15. The van der Waals surface area contributed by atoms with Crippen molar-refractivity contribution in [2.75, 3.05) is 12.4 Å². The molecule has 1 aliphatic carbocycles. The van der Waals surface area contributed by atoms with Crippen LogP contribution < -0.4 is 11.1 Å². The van der Waals surface area contributed by atoms with E-state index in [0.29, 0.717) is 24.0 Å². The third-order valence-corrected chi connectivity index (χ3v) is 3.34. The monoisotopic (exact) mass is 247 g/mol. The van der Waals surface area contributed by atoms with E-state index in [1.807, 2.05) is 24.3 Å². The first kappa shape index (κ1) is 12.9. The predicted octanol–water partition coefficient (Wildman–Crippen LogP) is 2.36. The van der Waals surface area contributed by atoms with Crippen molar-refractivity contribution < 1.29 is 4.74 Å². The Morgan fingerprint density at radius 2 is 2.17 bits per heavy atom. The average molecular weight is 247 g/mol. The van der Waals surface area contributed by atoms with Crippen LogP contribution in [0.15, 0.2) is 29.3 Å². The number of hydrogen-bond donors (Lipinski definition) is 2. The molecule has 0 bridgehead atoms. The Morgan fingerprint density at radius 1 is 1.50 bits per heavy atom. The molecular weight excluding hydrogens is 226 g/mol. The number of para-hydroxylation sites is 1. The summed E-state index contributed by atoms with van der Waals surface area (Å²) >= 11 is 0. The Bertz CT molecular complexity index is 454. The van der Waals surface area contributed by atoms with Gasteiger partial charge < -0.3 is 15.8 Å². The van der Waals surface area contributed by atoms with E-state index in [1.165, 1.54) is 0 Å².